The SMILES string of the molecule is CCCCCCC/C=C\C/C=C\CCCCCCCCCCCCCCCCCC(=O)OC(COC(=O)CCCCCCCCCCCCCCCCCCCCCCCCCCCCCCCCCCCCCC)COP(=O)([O-])OCC[N+](C)(C)C. The molecule has 2 unspecified atom stereocenters. The lowest BCUT2D eigenvalue weighted by Gasteiger charge is -2.28. The van der Waals surface area contributed by atoms with Crippen molar-refractivity contribution in [2.75, 3.05) is 47.5 Å². The monoisotopic (exact) mass is 1250 g/mol. The van der Waals surface area contributed by atoms with Crippen molar-refractivity contribution in [3.8, 4) is 0 Å². The van der Waals surface area contributed by atoms with Crippen molar-refractivity contribution in [1.82, 2.24) is 0 Å². The molecule has 0 heterocycles. The van der Waals surface area contributed by atoms with Gasteiger partial charge in [-0.1, -0.05) is 372 Å². The van der Waals surface area contributed by atoms with Crippen LogP contribution < -0.4 is 4.89 Å². The van der Waals surface area contributed by atoms with E-state index in [1.165, 1.54) is 334 Å². The van der Waals surface area contributed by atoms with Gasteiger partial charge in [0.25, 0.3) is 7.82 Å². The number of hydrogen-bond acceptors (Lipinski definition) is 8. The standard InChI is InChI=1S/C77H150NO8P/c1-6-8-10-12-14-16-18-20-22-24-26-28-30-32-34-35-36-37-38-39-40-41-42-44-45-47-49-51-53-55-57-59-61-63-65-67-69-76(79)83-73-75(74-85-87(81,82)84-72-71-78(3,4)5)86-77(80)70-68-66-64-62-60-58-56-54-52-50-48-46-43-33-31-29-27-25-23-21-19-17-15-13-11-9-7-2/h19,21,25,27,75H,6-18,20,22-24,26,28-74H2,1-5H3/b21-19-,27-25-. The summed E-state index contributed by atoms with van der Waals surface area (Å²) in [5.41, 5.74) is 0. The highest BCUT2D eigenvalue weighted by Gasteiger charge is 2.22. The van der Waals surface area contributed by atoms with Crippen LogP contribution in [0.4, 0.5) is 0 Å². The molecule has 0 aliphatic carbocycles. The molecule has 87 heavy (non-hydrogen) atoms. The molecule has 0 amide bonds. The Morgan fingerprint density at radius 2 is 0.621 bits per heavy atom. The summed E-state index contributed by atoms with van der Waals surface area (Å²) in [4.78, 5) is 38.1. The second kappa shape index (κ2) is 68.8. The van der Waals surface area contributed by atoms with Crippen LogP contribution in [0.25, 0.3) is 0 Å². The molecule has 0 rings (SSSR count). The van der Waals surface area contributed by atoms with Gasteiger partial charge < -0.3 is 27.9 Å². The Morgan fingerprint density at radius 3 is 0.908 bits per heavy atom. The second-order valence-corrected chi connectivity index (χ2v) is 29.1. The lowest BCUT2D eigenvalue weighted by atomic mass is 10.0. The summed E-state index contributed by atoms with van der Waals surface area (Å²) < 4.78 is 34.4. The molecular formula is C77H150NO8P. The summed E-state index contributed by atoms with van der Waals surface area (Å²) in [5, 5.41) is 0. The van der Waals surface area contributed by atoms with E-state index in [9.17, 15) is 19.0 Å². The third-order valence-electron chi connectivity index (χ3n) is 17.7. The van der Waals surface area contributed by atoms with E-state index >= 15 is 0 Å². The topological polar surface area (TPSA) is 111 Å². The van der Waals surface area contributed by atoms with Gasteiger partial charge in [0, 0.05) is 12.8 Å². The van der Waals surface area contributed by atoms with Gasteiger partial charge in [0.1, 0.15) is 19.8 Å². The minimum absolute atomic E-state index is 0.0273. The Balaban J connectivity index is 3.91. The fourth-order valence-corrected chi connectivity index (χ4v) is 12.5. The van der Waals surface area contributed by atoms with Crippen molar-refractivity contribution in [3.05, 3.63) is 24.3 Å². The van der Waals surface area contributed by atoms with Crippen LogP contribution in [0.1, 0.15) is 406 Å². The molecule has 9 nitrogen and oxygen atoms in total. The molecule has 0 aliphatic heterocycles. The highest BCUT2D eigenvalue weighted by molar-refractivity contribution is 7.45. The first kappa shape index (κ1) is 85.5. The van der Waals surface area contributed by atoms with Crippen molar-refractivity contribution in [2.24, 2.45) is 0 Å². The van der Waals surface area contributed by atoms with Crippen LogP contribution in [0.15, 0.2) is 24.3 Å². The molecule has 0 fully saturated rings. The van der Waals surface area contributed by atoms with Gasteiger partial charge in [-0.3, -0.25) is 14.2 Å². The van der Waals surface area contributed by atoms with Crippen molar-refractivity contribution in [2.45, 2.75) is 412 Å². The maximum Gasteiger partial charge on any atom is 0.306 e. The van der Waals surface area contributed by atoms with E-state index in [1.807, 2.05) is 21.1 Å². The zero-order valence-corrected chi connectivity index (χ0v) is 59.9. The number of quaternary nitrogens is 1. The maximum absolute atomic E-state index is 12.9. The number of likely N-dealkylation sites (N-methyl/N-ethyl adjacent to an activating group) is 1. The normalized spacial score (nSPS) is 13.1. The van der Waals surface area contributed by atoms with Crippen LogP contribution in [-0.2, 0) is 32.7 Å². The molecule has 2 atom stereocenters. The van der Waals surface area contributed by atoms with Crippen LogP contribution >= 0.6 is 7.82 Å². The number of carbonyl (C=O) groups excluding carboxylic acids is 2. The Kier molecular flexibility index (Phi) is 67.7. The highest BCUT2D eigenvalue weighted by atomic mass is 31.2. The minimum atomic E-state index is -4.64. The van der Waals surface area contributed by atoms with Gasteiger partial charge >= 0.3 is 11.9 Å². The Labute approximate surface area is 542 Å². The predicted molar refractivity (Wildman–Crippen MR) is 375 cm³/mol. The number of esters is 2. The maximum atomic E-state index is 12.9. The Hall–Kier alpha value is -1.51. The number of allylic oxidation sites excluding steroid dienone is 4. The largest absolute Gasteiger partial charge is 0.756 e. The second-order valence-electron chi connectivity index (χ2n) is 27.7. The molecule has 0 aromatic heterocycles. The van der Waals surface area contributed by atoms with Gasteiger partial charge in [-0.15, -0.1) is 0 Å². The van der Waals surface area contributed by atoms with Crippen molar-refractivity contribution in [1.29, 1.82) is 0 Å². The molecule has 0 bridgehead atoms. The smallest absolute Gasteiger partial charge is 0.306 e. The molecule has 10 heteroatoms. The van der Waals surface area contributed by atoms with Gasteiger partial charge in [-0.25, -0.2) is 0 Å². The summed E-state index contributed by atoms with van der Waals surface area (Å²) in [5.74, 6) is -0.809. The lowest BCUT2D eigenvalue weighted by Crippen LogP contribution is -2.37. The fraction of sp³-hybridized carbons (Fsp3) is 0.922. The molecule has 516 valence electrons. The number of hydrogen-bond donors (Lipinski definition) is 0. The number of phosphoric acid groups is 1. The molecule has 0 saturated carbocycles. The van der Waals surface area contributed by atoms with Crippen LogP contribution in [-0.4, -0.2) is 70.0 Å². The number of ether oxygens (including phenoxy) is 2. The number of phosphoric ester groups is 1. The van der Waals surface area contributed by atoms with E-state index in [2.05, 4.69) is 38.2 Å². The number of nitrogens with zero attached hydrogens (tertiary/aromatic N) is 1. The first-order chi connectivity index (χ1) is 42.5. The Morgan fingerprint density at radius 1 is 0.356 bits per heavy atom. The van der Waals surface area contributed by atoms with E-state index in [-0.39, 0.29) is 32.0 Å². The third kappa shape index (κ3) is 73.4. The number of carbonyl (C=O) groups is 2. The molecule has 0 radical (unpaired) electrons. The van der Waals surface area contributed by atoms with Gasteiger partial charge in [-0.2, -0.15) is 0 Å². The van der Waals surface area contributed by atoms with E-state index in [4.69, 9.17) is 18.5 Å². The molecular weight excluding hydrogens is 1100 g/mol. The summed E-state index contributed by atoms with van der Waals surface area (Å²) in [6.45, 7) is 4.31. The molecule has 0 spiro atoms. The summed E-state index contributed by atoms with van der Waals surface area (Å²) in [6, 6.07) is 0. The lowest BCUT2D eigenvalue weighted by molar-refractivity contribution is -0.870. The summed E-state index contributed by atoms with van der Waals surface area (Å²) in [6.07, 6.45) is 87.3. The van der Waals surface area contributed by atoms with Crippen LogP contribution in [0.3, 0.4) is 0 Å². The van der Waals surface area contributed by atoms with E-state index in [1.54, 1.807) is 0 Å². The molecule has 0 aromatic carbocycles. The van der Waals surface area contributed by atoms with Gasteiger partial charge in [-0.05, 0) is 44.9 Å². The highest BCUT2D eigenvalue weighted by Crippen LogP contribution is 2.38. The minimum Gasteiger partial charge on any atom is -0.756 e. The molecule has 0 aromatic rings. The first-order valence-electron chi connectivity index (χ1n) is 38.5. The van der Waals surface area contributed by atoms with Gasteiger partial charge in [0.05, 0.1) is 27.7 Å². The molecule has 0 aliphatic rings. The average Bonchev–Trinajstić information content (AvgIpc) is 3.68. The van der Waals surface area contributed by atoms with Crippen molar-refractivity contribution >= 4 is 19.8 Å². The van der Waals surface area contributed by atoms with Crippen molar-refractivity contribution in [3.63, 3.8) is 0 Å². The fourth-order valence-electron chi connectivity index (χ4n) is 11.8. The van der Waals surface area contributed by atoms with Crippen LogP contribution in [0, 0.1) is 0 Å². The number of rotatable bonds is 73. The van der Waals surface area contributed by atoms with Crippen LogP contribution in [0.2, 0.25) is 0 Å². The number of unbranched alkanes of at least 4 members (excludes halogenated alkanes) is 55. The van der Waals surface area contributed by atoms with E-state index in [0.717, 1.165) is 38.5 Å². The van der Waals surface area contributed by atoms with Crippen molar-refractivity contribution < 1.29 is 42.1 Å². The zero-order chi connectivity index (χ0) is 63.4. The van der Waals surface area contributed by atoms with E-state index in [0.29, 0.717) is 17.4 Å². The zero-order valence-electron chi connectivity index (χ0n) is 59.0. The Bertz CT molecular complexity index is 1510. The third-order valence-corrected chi connectivity index (χ3v) is 18.7. The van der Waals surface area contributed by atoms with Crippen LogP contribution in [0.5, 0.6) is 0 Å². The summed E-state index contributed by atoms with van der Waals surface area (Å²) >= 11 is 0. The molecule has 0 N–H and O–H groups in total. The van der Waals surface area contributed by atoms with Gasteiger partial charge in [0.2, 0.25) is 0 Å². The molecule has 0 saturated heterocycles. The quantitative estimate of drug-likeness (QED) is 0.0195. The predicted octanol–water partition coefficient (Wildman–Crippen LogP) is 24.6. The summed E-state index contributed by atoms with van der Waals surface area (Å²) in [7, 11) is 1.19. The van der Waals surface area contributed by atoms with E-state index < -0.39 is 26.5 Å². The average molecular weight is 1250 g/mol. The first-order valence-corrected chi connectivity index (χ1v) is 40.0. The van der Waals surface area contributed by atoms with Gasteiger partial charge in [0.15, 0.2) is 6.10 Å².